The maximum atomic E-state index is 11.6. The summed E-state index contributed by atoms with van der Waals surface area (Å²) in [6, 6.07) is 0. The van der Waals surface area contributed by atoms with Crippen molar-refractivity contribution in [2.45, 2.75) is 38.6 Å². The first-order chi connectivity index (χ1) is 5.68. The summed E-state index contributed by atoms with van der Waals surface area (Å²) in [7, 11) is 0. The van der Waals surface area contributed by atoms with E-state index in [0.717, 1.165) is 0 Å². The zero-order chi connectivity index (χ0) is 8.77. The van der Waals surface area contributed by atoms with Crippen LogP contribution in [0.1, 0.15) is 26.7 Å². The maximum Gasteiger partial charge on any atom is 0.229 e. The SMILES string of the molecule is CC[C@]12OC[C@H](O1)[C@H](C)CC2=O. The minimum atomic E-state index is -0.864. The van der Waals surface area contributed by atoms with Gasteiger partial charge in [-0.25, -0.2) is 0 Å². The van der Waals surface area contributed by atoms with Crippen molar-refractivity contribution in [1.29, 1.82) is 0 Å². The second-order valence-electron chi connectivity index (χ2n) is 3.68. The Kier molecular flexibility index (Phi) is 1.73. The van der Waals surface area contributed by atoms with E-state index in [-0.39, 0.29) is 11.9 Å². The van der Waals surface area contributed by atoms with Crippen LogP contribution in [-0.4, -0.2) is 24.3 Å². The molecule has 0 amide bonds. The molecule has 0 saturated carbocycles. The Labute approximate surface area is 72.0 Å². The second-order valence-corrected chi connectivity index (χ2v) is 3.68. The van der Waals surface area contributed by atoms with Crippen LogP contribution in [0, 0.1) is 5.92 Å². The third kappa shape index (κ3) is 0.930. The molecule has 3 heteroatoms. The fourth-order valence-corrected chi connectivity index (χ4v) is 1.92. The molecule has 12 heavy (non-hydrogen) atoms. The Bertz CT molecular complexity index is 214. The smallest absolute Gasteiger partial charge is 0.229 e. The number of hydrogen-bond acceptors (Lipinski definition) is 3. The van der Waals surface area contributed by atoms with E-state index in [1.165, 1.54) is 0 Å². The summed E-state index contributed by atoms with van der Waals surface area (Å²) in [5.41, 5.74) is 0. The average Bonchev–Trinajstić information content (AvgIpc) is 2.44. The molecule has 0 N–H and O–H groups in total. The highest BCUT2D eigenvalue weighted by Gasteiger charge is 2.52. The topological polar surface area (TPSA) is 35.5 Å². The molecule has 2 rings (SSSR count). The van der Waals surface area contributed by atoms with Crippen LogP contribution < -0.4 is 0 Å². The first-order valence-electron chi connectivity index (χ1n) is 4.53. The summed E-state index contributed by atoms with van der Waals surface area (Å²) in [5.74, 6) is -0.428. The van der Waals surface area contributed by atoms with Gasteiger partial charge in [-0.15, -0.1) is 0 Å². The number of rotatable bonds is 1. The van der Waals surface area contributed by atoms with Crippen molar-refractivity contribution in [2.24, 2.45) is 5.92 Å². The maximum absolute atomic E-state index is 11.6. The van der Waals surface area contributed by atoms with E-state index in [0.29, 0.717) is 25.4 Å². The molecule has 2 bridgehead atoms. The lowest BCUT2D eigenvalue weighted by molar-refractivity contribution is -0.199. The molecule has 3 nitrogen and oxygen atoms in total. The Morgan fingerprint density at radius 2 is 2.42 bits per heavy atom. The van der Waals surface area contributed by atoms with Gasteiger partial charge in [0, 0.05) is 12.8 Å². The van der Waals surface area contributed by atoms with Gasteiger partial charge in [0.2, 0.25) is 5.79 Å². The molecule has 2 aliphatic heterocycles. The minimum absolute atomic E-state index is 0.117. The molecule has 0 aromatic heterocycles. The van der Waals surface area contributed by atoms with Gasteiger partial charge in [0.15, 0.2) is 5.78 Å². The third-order valence-corrected chi connectivity index (χ3v) is 2.85. The predicted octanol–water partition coefficient (Wildman–Crippen LogP) is 1.12. The van der Waals surface area contributed by atoms with Gasteiger partial charge in [-0.1, -0.05) is 13.8 Å². The van der Waals surface area contributed by atoms with Gasteiger partial charge in [0.1, 0.15) is 0 Å². The first kappa shape index (κ1) is 8.20. The molecule has 0 aromatic rings. The molecule has 0 unspecified atom stereocenters. The quantitative estimate of drug-likeness (QED) is 0.591. The predicted molar refractivity (Wildman–Crippen MR) is 42.6 cm³/mol. The molecule has 2 fully saturated rings. The molecule has 0 aromatic carbocycles. The Balaban J connectivity index is 2.24. The molecular weight excluding hydrogens is 156 g/mol. The Hall–Kier alpha value is -0.410. The highest BCUT2D eigenvalue weighted by atomic mass is 16.7. The zero-order valence-corrected chi connectivity index (χ0v) is 7.50. The number of ether oxygens (including phenoxy) is 2. The number of ketones is 1. The van der Waals surface area contributed by atoms with Crippen LogP contribution >= 0.6 is 0 Å². The van der Waals surface area contributed by atoms with Crippen LogP contribution in [0.2, 0.25) is 0 Å². The van der Waals surface area contributed by atoms with Crippen molar-refractivity contribution in [1.82, 2.24) is 0 Å². The molecule has 2 heterocycles. The van der Waals surface area contributed by atoms with Gasteiger partial charge < -0.3 is 9.47 Å². The normalized spacial score (nSPS) is 46.7. The van der Waals surface area contributed by atoms with Crippen molar-refractivity contribution in [3.05, 3.63) is 0 Å². The number of Topliss-reactive ketones (excluding diaryl/α,β-unsaturated/α-hetero) is 1. The van der Waals surface area contributed by atoms with E-state index in [1.54, 1.807) is 0 Å². The zero-order valence-electron chi connectivity index (χ0n) is 7.50. The summed E-state index contributed by atoms with van der Waals surface area (Å²) in [4.78, 5) is 11.6. The summed E-state index contributed by atoms with van der Waals surface area (Å²) < 4.78 is 11.0. The fraction of sp³-hybridized carbons (Fsp3) is 0.889. The van der Waals surface area contributed by atoms with Crippen LogP contribution in [-0.2, 0) is 14.3 Å². The van der Waals surface area contributed by atoms with Crippen LogP contribution in [0.5, 0.6) is 0 Å². The Morgan fingerprint density at radius 1 is 1.67 bits per heavy atom. The minimum Gasteiger partial charge on any atom is -0.341 e. The van der Waals surface area contributed by atoms with Gasteiger partial charge in [-0.05, 0) is 5.92 Å². The molecule has 2 saturated heterocycles. The third-order valence-electron chi connectivity index (χ3n) is 2.85. The van der Waals surface area contributed by atoms with Crippen molar-refractivity contribution in [2.75, 3.05) is 6.61 Å². The highest BCUT2D eigenvalue weighted by molar-refractivity contribution is 5.87. The molecule has 0 radical (unpaired) electrons. The number of carbonyl (C=O) groups is 1. The molecule has 3 atom stereocenters. The summed E-state index contributed by atoms with van der Waals surface area (Å²) in [6.45, 7) is 4.55. The lowest BCUT2D eigenvalue weighted by Crippen LogP contribution is -2.45. The van der Waals surface area contributed by atoms with Crippen LogP contribution in [0.15, 0.2) is 0 Å². The molecule has 0 spiro atoms. The van der Waals surface area contributed by atoms with E-state index in [1.807, 2.05) is 13.8 Å². The highest BCUT2D eigenvalue weighted by Crippen LogP contribution is 2.38. The standard InChI is InChI=1S/C9H14O3/c1-3-9-8(10)4-6(2)7(12-9)5-11-9/h6-7H,3-5H2,1-2H3/t6-,7+,9+/m1/s1. The Morgan fingerprint density at radius 3 is 3.08 bits per heavy atom. The average molecular weight is 170 g/mol. The summed E-state index contributed by atoms with van der Waals surface area (Å²) in [5, 5.41) is 0. The van der Waals surface area contributed by atoms with E-state index in [9.17, 15) is 4.79 Å². The van der Waals surface area contributed by atoms with Gasteiger partial charge in [-0.2, -0.15) is 0 Å². The summed E-state index contributed by atoms with van der Waals surface area (Å²) >= 11 is 0. The second kappa shape index (κ2) is 2.54. The van der Waals surface area contributed by atoms with Gasteiger partial charge in [-0.3, -0.25) is 4.79 Å². The molecule has 68 valence electrons. The number of carbonyl (C=O) groups excluding carboxylic acids is 1. The van der Waals surface area contributed by atoms with Crippen molar-refractivity contribution >= 4 is 5.78 Å². The van der Waals surface area contributed by atoms with E-state index in [2.05, 4.69) is 0 Å². The van der Waals surface area contributed by atoms with Crippen molar-refractivity contribution < 1.29 is 14.3 Å². The molecular formula is C9H14O3. The lowest BCUT2D eigenvalue weighted by atomic mass is 9.92. The number of hydrogen-bond donors (Lipinski definition) is 0. The van der Waals surface area contributed by atoms with Gasteiger partial charge >= 0.3 is 0 Å². The lowest BCUT2D eigenvalue weighted by Gasteiger charge is -2.31. The summed E-state index contributed by atoms with van der Waals surface area (Å²) in [6.07, 6.45) is 1.38. The van der Waals surface area contributed by atoms with Crippen LogP contribution in [0.3, 0.4) is 0 Å². The van der Waals surface area contributed by atoms with Crippen molar-refractivity contribution in [3.63, 3.8) is 0 Å². The van der Waals surface area contributed by atoms with E-state index < -0.39 is 5.79 Å². The van der Waals surface area contributed by atoms with Gasteiger partial charge in [0.25, 0.3) is 0 Å². The first-order valence-corrected chi connectivity index (χ1v) is 4.53. The fourth-order valence-electron chi connectivity index (χ4n) is 1.92. The monoisotopic (exact) mass is 170 g/mol. The molecule has 2 aliphatic rings. The van der Waals surface area contributed by atoms with Gasteiger partial charge in [0.05, 0.1) is 12.7 Å². The van der Waals surface area contributed by atoms with E-state index in [4.69, 9.17) is 9.47 Å². The van der Waals surface area contributed by atoms with Crippen LogP contribution in [0.25, 0.3) is 0 Å². The van der Waals surface area contributed by atoms with E-state index >= 15 is 0 Å². The van der Waals surface area contributed by atoms with Crippen LogP contribution in [0.4, 0.5) is 0 Å². The largest absolute Gasteiger partial charge is 0.341 e. The molecule has 0 aliphatic carbocycles. The number of fused-ring (bicyclic) bond motifs is 2. The van der Waals surface area contributed by atoms with Crippen molar-refractivity contribution in [3.8, 4) is 0 Å².